The van der Waals surface area contributed by atoms with Gasteiger partial charge in [-0.1, -0.05) is 23.7 Å². The molecule has 3 nitrogen and oxygen atoms in total. The summed E-state index contributed by atoms with van der Waals surface area (Å²) in [6, 6.07) is 8.22. The second kappa shape index (κ2) is 6.79. The van der Waals surface area contributed by atoms with Crippen molar-refractivity contribution in [2.45, 2.75) is 31.2 Å². The highest BCUT2D eigenvalue weighted by molar-refractivity contribution is 6.30. The van der Waals surface area contributed by atoms with Gasteiger partial charge in [-0.05, 0) is 56.0 Å². The number of amides is 1. The SMILES string of the molecule is Cl.O=C(NC1CCNCC1)C1CC1c1cccc(Cl)c1. The van der Waals surface area contributed by atoms with E-state index in [-0.39, 0.29) is 24.2 Å². The van der Waals surface area contributed by atoms with Crippen LogP contribution >= 0.6 is 24.0 Å². The lowest BCUT2D eigenvalue weighted by Crippen LogP contribution is -2.43. The second-order valence-corrected chi connectivity index (χ2v) is 5.97. The van der Waals surface area contributed by atoms with Gasteiger partial charge >= 0.3 is 0 Å². The van der Waals surface area contributed by atoms with Gasteiger partial charge in [0.15, 0.2) is 0 Å². The Hall–Kier alpha value is -0.770. The Balaban J connectivity index is 0.00000147. The average molecular weight is 315 g/mol. The van der Waals surface area contributed by atoms with Crippen LogP contribution in [0, 0.1) is 5.92 Å². The van der Waals surface area contributed by atoms with Gasteiger partial charge in [0.2, 0.25) is 5.91 Å². The van der Waals surface area contributed by atoms with Crippen molar-refractivity contribution >= 4 is 29.9 Å². The van der Waals surface area contributed by atoms with Gasteiger partial charge in [-0.25, -0.2) is 0 Å². The van der Waals surface area contributed by atoms with Crippen LogP contribution in [-0.2, 0) is 4.79 Å². The summed E-state index contributed by atoms with van der Waals surface area (Å²) in [7, 11) is 0. The number of hydrogen-bond acceptors (Lipinski definition) is 2. The monoisotopic (exact) mass is 314 g/mol. The summed E-state index contributed by atoms with van der Waals surface area (Å²) in [5, 5.41) is 7.24. The molecule has 5 heteroatoms. The van der Waals surface area contributed by atoms with E-state index in [1.54, 1.807) is 0 Å². The molecule has 0 aromatic heterocycles. The maximum Gasteiger partial charge on any atom is 0.223 e. The van der Waals surface area contributed by atoms with Crippen LogP contribution in [0.3, 0.4) is 0 Å². The Morgan fingerprint density at radius 3 is 2.75 bits per heavy atom. The largest absolute Gasteiger partial charge is 0.353 e. The van der Waals surface area contributed by atoms with Crippen molar-refractivity contribution in [1.29, 1.82) is 0 Å². The summed E-state index contributed by atoms with van der Waals surface area (Å²) in [5.74, 6) is 0.727. The van der Waals surface area contributed by atoms with Gasteiger partial charge in [0.05, 0.1) is 0 Å². The molecule has 2 fully saturated rings. The minimum absolute atomic E-state index is 0. The number of halogens is 2. The Bertz CT molecular complexity index is 475. The van der Waals surface area contributed by atoms with Gasteiger partial charge in [-0.15, -0.1) is 12.4 Å². The molecule has 0 bridgehead atoms. The zero-order chi connectivity index (χ0) is 13.2. The fourth-order valence-electron chi connectivity index (χ4n) is 2.86. The molecular weight excluding hydrogens is 295 g/mol. The molecule has 2 aliphatic rings. The summed E-state index contributed by atoms with van der Waals surface area (Å²) in [6.45, 7) is 2.01. The van der Waals surface area contributed by atoms with Crippen molar-refractivity contribution in [3.05, 3.63) is 34.9 Å². The molecule has 1 heterocycles. The molecule has 3 rings (SSSR count). The molecule has 1 saturated heterocycles. The molecule has 1 amide bonds. The van der Waals surface area contributed by atoms with Gasteiger partial charge < -0.3 is 10.6 Å². The first-order valence-corrected chi connectivity index (χ1v) is 7.38. The number of hydrogen-bond donors (Lipinski definition) is 2. The van der Waals surface area contributed by atoms with E-state index < -0.39 is 0 Å². The van der Waals surface area contributed by atoms with Gasteiger partial charge in [0.1, 0.15) is 0 Å². The van der Waals surface area contributed by atoms with Crippen molar-refractivity contribution in [2.75, 3.05) is 13.1 Å². The van der Waals surface area contributed by atoms with Crippen LogP contribution in [0.5, 0.6) is 0 Å². The van der Waals surface area contributed by atoms with E-state index in [0.29, 0.717) is 12.0 Å². The van der Waals surface area contributed by atoms with E-state index in [9.17, 15) is 4.79 Å². The van der Waals surface area contributed by atoms with Crippen LogP contribution in [-0.4, -0.2) is 25.0 Å². The summed E-state index contributed by atoms with van der Waals surface area (Å²) < 4.78 is 0. The molecule has 1 saturated carbocycles. The normalized spacial score (nSPS) is 25.6. The van der Waals surface area contributed by atoms with Gasteiger partial charge in [0.25, 0.3) is 0 Å². The lowest BCUT2D eigenvalue weighted by atomic mass is 10.1. The standard InChI is InChI=1S/C15H19ClN2O.ClH/c16-11-3-1-2-10(8-11)13-9-14(13)15(19)18-12-4-6-17-7-5-12;/h1-3,8,12-14,17H,4-7,9H2,(H,18,19);1H. The Morgan fingerprint density at radius 2 is 2.05 bits per heavy atom. The molecule has 2 unspecified atom stereocenters. The van der Waals surface area contributed by atoms with Gasteiger partial charge in [-0.3, -0.25) is 4.79 Å². The predicted octanol–water partition coefficient (Wildman–Crippen LogP) is 2.73. The van der Waals surface area contributed by atoms with Crippen molar-refractivity contribution < 1.29 is 4.79 Å². The molecule has 20 heavy (non-hydrogen) atoms. The van der Waals surface area contributed by atoms with E-state index in [0.717, 1.165) is 37.4 Å². The zero-order valence-corrected chi connectivity index (χ0v) is 12.8. The highest BCUT2D eigenvalue weighted by Crippen LogP contribution is 2.48. The van der Waals surface area contributed by atoms with Crippen molar-refractivity contribution in [3.8, 4) is 0 Å². The molecule has 1 aromatic carbocycles. The molecule has 2 N–H and O–H groups in total. The number of piperidine rings is 1. The third-order valence-corrected chi connectivity index (χ3v) is 4.32. The topological polar surface area (TPSA) is 41.1 Å². The summed E-state index contributed by atoms with van der Waals surface area (Å²) in [5.41, 5.74) is 1.19. The first-order valence-electron chi connectivity index (χ1n) is 7.00. The maximum atomic E-state index is 12.2. The van der Waals surface area contributed by atoms with E-state index in [1.807, 2.05) is 18.2 Å². The summed E-state index contributed by atoms with van der Waals surface area (Å²) in [6.07, 6.45) is 3.04. The Morgan fingerprint density at radius 1 is 1.30 bits per heavy atom. The smallest absolute Gasteiger partial charge is 0.223 e. The third kappa shape index (κ3) is 3.66. The first-order chi connectivity index (χ1) is 9.24. The summed E-state index contributed by atoms with van der Waals surface area (Å²) >= 11 is 5.99. The highest BCUT2D eigenvalue weighted by atomic mass is 35.5. The van der Waals surface area contributed by atoms with Gasteiger partial charge in [-0.2, -0.15) is 0 Å². The van der Waals surface area contributed by atoms with Crippen LogP contribution in [0.1, 0.15) is 30.7 Å². The highest BCUT2D eigenvalue weighted by Gasteiger charge is 2.44. The lowest BCUT2D eigenvalue weighted by molar-refractivity contribution is -0.123. The van der Waals surface area contributed by atoms with E-state index in [2.05, 4.69) is 16.7 Å². The number of carbonyl (C=O) groups is 1. The van der Waals surface area contributed by atoms with Crippen LogP contribution in [0.15, 0.2) is 24.3 Å². The molecule has 0 radical (unpaired) electrons. The van der Waals surface area contributed by atoms with Crippen LogP contribution in [0.4, 0.5) is 0 Å². The predicted molar refractivity (Wildman–Crippen MR) is 83.6 cm³/mol. The van der Waals surface area contributed by atoms with Crippen LogP contribution in [0.25, 0.3) is 0 Å². The molecular formula is C15H20Cl2N2O. The van der Waals surface area contributed by atoms with Gasteiger partial charge in [0, 0.05) is 17.0 Å². The van der Waals surface area contributed by atoms with Crippen LogP contribution < -0.4 is 10.6 Å². The zero-order valence-electron chi connectivity index (χ0n) is 11.3. The van der Waals surface area contributed by atoms with Crippen molar-refractivity contribution in [1.82, 2.24) is 10.6 Å². The molecule has 1 aliphatic heterocycles. The number of benzene rings is 1. The molecule has 1 aliphatic carbocycles. The van der Waals surface area contributed by atoms with Crippen molar-refractivity contribution in [2.24, 2.45) is 5.92 Å². The third-order valence-electron chi connectivity index (χ3n) is 4.09. The van der Waals surface area contributed by atoms with E-state index in [1.165, 1.54) is 5.56 Å². The lowest BCUT2D eigenvalue weighted by Gasteiger charge is -2.23. The Labute approximate surface area is 130 Å². The fraction of sp³-hybridized carbons (Fsp3) is 0.533. The minimum atomic E-state index is 0. The number of carbonyl (C=O) groups excluding carboxylic acids is 1. The van der Waals surface area contributed by atoms with Crippen molar-refractivity contribution in [3.63, 3.8) is 0 Å². The van der Waals surface area contributed by atoms with E-state index >= 15 is 0 Å². The van der Waals surface area contributed by atoms with E-state index in [4.69, 9.17) is 11.6 Å². The maximum absolute atomic E-state index is 12.2. The average Bonchev–Trinajstić information content (AvgIpc) is 3.20. The molecule has 0 spiro atoms. The number of nitrogens with one attached hydrogen (secondary N) is 2. The van der Waals surface area contributed by atoms with Crippen LogP contribution in [0.2, 0.25) is 5.02 Å². The molecule has 1 aromatic rings. The Kier molecular flexibility index (Phi) is 5.30. The fourth-order valence-corrected chi connectivity index (χ4v) is 3.06. The minimum Gasteiger partial charge on any atom is -0.353 e. The second-order valence-electron chi connectivity index (χ2n) is 5.54. The molecule has 110 valence electrons. The quantitative estimate of drug-likeness (QED) is 0.900. The molecule has 2 atom stereocenters. The number of rotatable bonds is 3. The summed E-state index contributed by atoms with van der Waals surface area (Å²) in [4.78, 5) is 12.2. The first kappa shape index (κ1) is 15.6.